The topological polar surface area (TPSA) is 92.4 Å². The van der Waals surface area contributed by atoms with Crippen LogP contribution in [0.3, 0.4) is 0 Å². The second-order valence-electron chi connectivity index (χ2n) is 4.11. The molecule has 4 N–H and O–H groups in total. The molecule has 1 fully saturated rings. The number of carboxylic acids is 1. The molecule has 0 spiro atoms. The van der Waals surface area contributed by atoms with Crippen LogP contribution in [0.25, 0.3) is 0 Å². The van der Waals surface area contributed by atoms with E-state index in [0.29, 0.717) is 32.2 Å². The standard InChI is InChI=1S/C10H18N2O3/c11-6-1-3-8(13)12-7-10(9(14)15)4-2-5-10/h1-7,11H2,(H,12,13)(H,14,15). The summed E-state index contributed by atoms with van der Waals surface area (Å²) in [5.41, 5.74) is 4.57. The molecule has 0 aromatic carbocycles. The van der Waals surface area contributed by atoms with Gasteiger partial charge in [-0.1, -0.05) is 6.42 Å². The minimum absolute atomic E-state index is 0.104. The summed E-state index contributed by atoms with van der Waals surface area (Å²) in [7, 11) is 0. The molecule has 15 heavy (non-hydrogen) atoms. The first-order valence-electron chi connectivity index (χ1n) is 5.31. The summed E-state index contributed by atoms with van der Waals surface area (Å²) in [6.07, 6.45) is 3.29. The Morgan fingerprint density at radius 1 is 1.40 bits per heavy atom. The number of carbonyl (C=O) groups excluding carboxylic acids is 1. The lowest BCUT2D eigenvalue weighted by Crippen LogP contribution is -2.47. The van der Waals surface area contributed by atoms with E-state index in [2.05, 4.69) is 5.32 Å². The molecule has 0 unspecified atom stereocenters. The third-order valence-electron chi connectivity index (χ3n) is 3.00. The van der Waals surface area contributed by atoms with Gasteiger partial charge in [-0.05, 0) is 25.8 Å². The van der Waals surface area contributed by atoms with Crippen LogP contribution in [0.1, 0.15) is 32.1 Å². The van der Waals surface area contributed by atoms with Crippen molar-refractivity contribution in [1.82, 2.24) is 5.32 Å². The van der Waals surface area contributed by atoms with Crippen molar-refractivity contribution >= 4 is 11.9 Å². The lowest BCUT2D eigenvalue weighted by atomic mass is 9.69. The van der Waals surface area contributed by atoms with Crippen molar-refractivity contribution in [1.29, 1.82) is 0 Å². The van der Waals surface area contributed by atoms with Gasteiger partial charge in [-0.25, -0.2) is 0 Å². The zero-order valence-corrected chi connectivity index (χ0v) is 8.79. The van der Waals surface area contributed by atoms with E-state index in [0.717, 1.165) is 6.42 Å². The molecule has 0 bridgehead atoms. The van der Waals surface area contributed by atoms with Crippen LogP contribution in [0.15, 0.2) is 0 Å². The Labute approximate surface area is 89.0 Å². The van der Waals surface area contributed by atoms with Gasteiger partial charge in [-0.3, -0.25) is 9.59 Å². The number of nitrogens with two attached hydrogens (primary N) is 1. The first-order valence-corrected chi connectivity index (χ1v) is 5.31. The van der Waals surface area contributed by atoms with E-state index < -0.39 is 11.4 Å². The molecule has 0 atom stereocenters. The highest BCUT2D eigenvalue weighted by Crippen LogP contribution is 2.40. The largest absolute Gasteiger partial charge is 0.481 e. The van der Waals surface area contributed by atoms with Gasteiger partial charge in [0, 0.05) is 13.0 Å². The molecule has 86 valence electrons. The molecule has 0 aromatic rings. The van der Waals surface area contributed by atoms with Gasteiger partial charge in [0.25, 0.3) is 0 Å². The fourth-order valence-electron chi connectivity index (χ4n) is 1.69. The molecule has 1 amide bonds. The van der Waals surface area contributed by atoms with Crippen molar-refractivity contribution in [2.75, 3.05) is 13.1 Å². The van der Waals surface area contributed by atoms with Crippen LogP contribution < -0.4 is 11.1 Å². The Morgan fingerprint density at radius 3 is 2.47 bits per heavy atom. The molecule has 1 aliphatic carbocycles. The highest BCUT2D eigenvalue weighted by atomic mass is 16.4. The number of aliphatic carboxylic acids is 1. The normalized spacial score (nSPS) is 17.9. The van der Waals surface area contributed by atoms with Gasteiger partial charge >= 0.3 is 5.97 Å². The molecule has 0 aliphatic heterocycles. The predicted octanol–water partition coefficient (Wildman–Crippen LogP) is 0.0964. The van der Waals surface area contributed by atoms with Gasteiger partial charge in [-0.2, -0.15) is 0 Å². The summed E-state index contributed by atoms with van der Waals surface area (Å²) in [5, 5.41) is 11.7. The van der Waals surface area contributed by atoms with Crippen LogP contribution in [-0.2, 0) is 9.59 Å². The number of carbonyl (C=O) groups is 2. The Morgan fingerprint density at radius 2 is 2.07 bits per heavy atom. The van der Waals surface area contributed by atoms with Gasteiger partial charge in [0.15, 0.2) is 0 Å². The second-order valence-corrected chi connectivity index (χ2v) is 4.11. The van der Waals surface area contributed by atoms with Crippen molar-refractivity contribution in [3.63, 3.8) is 0 Å². The minimum atomic E-state index is -0.798. The monoisotopic (exact) mass is 214 g/mol. The summed E-state index contributed by atoms with van der Waals surface area (Å²) in [4.78, 5) is 22.2. The summed E-state index contributed by atoms with van der Waals surface area (Å²) >= 11 is 0. The van der Waals surface area contributed by atoms with Gasteiger partial charge in [0.05, 0.1) is 5.41 Å². The van der Waals surface area contributed by atoms with Crippen LogP contribution in [-0.4, -0.2) is 30.1 Å². The summed E-state index contributed by atoms with van der Waals surface area (Å²) in [6, 6.07) is 0. The fraction of sp³-hybridized carbons (Fsp3) is 0.800. The van der Waals surface area contributed by atoms with Gasteiger partial charge in [0.2, 0.25) is 5.91 Å². The quantitative estimate of drug-likeness (QED) is 0.584. The van der Waals surface area contributed by atoms with Crippen molar-refractivity contribution < 1.29 is 14.7 Å². The number of carboxylic acid groups (broad SMARTS) is 1. The van der Waals surface area contributed by atoms with Crippen LogP contribution in [0.2, 0.25) is 0 Å². The van der Waals surface area contributed by atoms with E-state index in [1.54, 1.807) is 0 Å². The maximum Gasteiger partial charge on any atom is 0.311 e. The molecule has 0 aromatic heterocycles. The third kappa shape index (κ3) is 2.92. The molecule has 1 aliphatic rings. The van der Waals surface area contributed by atoms with E-state index >= 15 is 0 Å². The molecule has 1 saturated carbocycles. The number of amides is 1. The predicted molar refractivity (Wildman–Crippen MR) is 55.2 cm³/mol. The van der Waals surface area contributed by atoms with Crippen LogP contribution in [0.4, 0.5) is 0 Å². The van der Waals surface area contributed by atoms with E-state index in [-0.39, 0.29) is 12.5 Å². The van der Waals surface area contributed by atoms with E-state index in [1.165, 1.54) is 0 Å². The van der Waals surface area contributed by atoms with Gasteiger partial charge < -0.3 is 16.2 Å². The maximum absolute atomic E-state index is 11.3. The van der Waals surface area contributed by atoms with E-state index in [9.17, 15) is 9.59 Å². The highest BCUT2D eigenvalue weighted by molar-refractivity contribution is 5.79. The van der Waals surface area contributed by atoms with Crippen LogP contribution in [0.5, 0.6) is 0 Å². The molecule has 5 heteroatoms. The zero-order chi connectivity index (χ0) is 11.3. The minimum Gasteiger partial charge on any atom is -0.481 e. The van der Waals surface area contributed by atoms with Crippen LogP contribution >= 0.6 is 0 Å². The van der Waals surface area contributed by atoms with Crippen LogP contribution in [0, 0.1) is 5.41 Å². The number of hydrogen-bond acceptors (Lipinski definition) is 3. The highest BCUT2D eigenvalue weighted by Gasteiger charge is 2.44. The summed E-state index contributed by atoms with van der Waals surface area (Å²) < 4.78 is 0. The Bertz CT molecular complexity index is 249. The molecule has 0 saturated heterocycles. The summed E-state index contributed by atoms with van der Waals surface area (Å²) in [6.45, 7) is 0.739. The second kappa shape index (κ2) is 5.11. The average molecular weight is 214 g/mol. The molecular weight excluding hydrogens is 196 g/mol. The van der Waals surface area contributed by atoms with Crippen molar-refractivity contribution in [2.45, 2.75) is 32.1 Å². The fourth-order valence-corrected chi connectivity index (χ4v) is 1.69. The Hall–Kier alpha value is -1.10. The van der Waals surface area contributed by atoms with Crippen molar-refractivity contribution in [3.05, 3.63) is 0 Å². The van der Waals surface area contributed by atoms with Gasteiger partial charge in [0.1, 0.15) is 0 Å². The number of hydrogen-bond donors (Lipinski definition) is 3. The molecule has 1 rings (SSSR count). The van der Waals surface area contributed by atoms with E-state index in [1.807, 2.05) is 0 Å². The van der Waals surface area contributed by atoms with Gasteiger partial charge in [-0.15, -0.1) is 0 Å². The maximum atomic E-state index is 11.3. The lowest BCUT2D eigenvalue weighted by molar-refractivity contribution is -0.154. The Kier molecular flexibility index (Phi) is 4.08. The Balaban J connectivity index is 2.29. The summed E-state index contributed by atoms with van der Waals surface area (Å²) in [5.74, 6) is -0.902. The smallest absolute Gasteiger partial charge is 0.311 e. The molecule has 5 nitrogen and oxygen atoms in total. The van der Waals surface area contributed by atoms with Crippen molar-refractivity contribution in [2.24, 2.45) is 11.1 Å². The third-order valence-corrected chi connectivity index (χ3v) is 3.00. The SMILES string of the molecule is NCCCC(=O)NCC1(C(=O)O)CCC1. The lowest BCUT2D eigenvalue weighted by Gasteiger charge is -2.37. The first kappa shape index (κ1) is 12.0. The molecule has 0 heterocycles. The molecular formula is C10H18N2O3. The first-order chi connectivity index (χ1) is 7.10. The number of rotatable bonds is 6. The average Bonchev–Trinajstić information content (AvgIpc) is 2.12. The van der Waals surface area contributed by atoms with E-state index in [4.69, 9.17) is 10.8 Å². The zero-order valence-electron chi connectivity index (χ0n) is 8.79. The number of nitrogens with one attached hydrogen (secondary N) is 1. The van der Waals surface area contributed by atoms with Crippen molar-refractivity contribution in [3.8, 4) is 0 Å². The molecule has 0 radical (unpaired) electrons.